The number of halogens is 1. The zero-order valence-corrected chi connectivity index (χ0v) is 16.0. The van der Waals surface area contributed by atoms with Crippen molar-refractivity contribution < 1.29 is 9.63 Å². The molecule has 0 aliphatic heterocycles. The maximum atomic E-state index is 9.09. The van der Waals surface area contributed by atoms with Crippen LogP contribution in [0, 0.1) is 12.8 Å². The largest absolute Gasteiger partial charge is 0.396 e. The molecule has 0 amide bonds. The SMILES string of the molecule is CCCC(CCO)CNC(=NCc1noc(C)n1)NCC.I. The van der Waals surface area contributed by atoms with E-state index in [1.807, 2.05) is 6.92 Å². The predicted molar refractivity (Wildman–Crippen MR) is 97.4 cm³/mol. The summed E-state index contributed by atoms with van der Waals surface area (Å²) in [5.41, 5.74) is 0. The number of aryl methyl sites for hydroxylation is 1. The van der Waals surface area contributed by atoms with Gasteiger partial charge in [0.15, 0.2) is 11.8 Å². The smallest absolute Gasteiger partial charge is 0.223 e. The zero-order chi connectivity index (χ0) is 15.5. The molecule has 1 unspecified atom stereocenters. The van der Waals surface area contributed by atoms with Crippen molar-refractivity contribution in [1.82, 2.24) is 20.8 Å². The molecule has 0 aromatic carbocycles. The fourth-order valence-corrected chi connectivity index (χ4v) is 2.08. The number of hydrogen-bond acceptors (Lipinski definition) is 5. The molecule has 8 heteroatoms. The second-order valence-electron chi connectivity index (χ2n) is 4.97. The highest BCUT2D eigenvalue weighted by molar-refractivity contribution is 14.0. The highest BCUT2D eigenvalue weighted by Gasteiger charge is 2.08. The van der Waals surface area contributed by atoms with Crippen LogP contribution < -0.4 is 10.6 Å². The lowest BCUT2D eigenvalue weighted by Crippen LogP contribution is -2.40. The third kappa shape index (κ3) is 8.52. The minimum atomic E-state index is 0. The van der Waals surface area contributed by atoms with E-state index in [1.54, 1.807) is 6.92 Å². The summed E-state index contributed by atoms with van der Waals surface area (Å²) in [5, 5.41) is 19.4. The van der Waals surface area contributed by atoms with Crippen LogP contribution >= 0.6 is 24.0 Å². The molecule has 1 rings (SSSR count). The highest BCUT2D eigenvalue weighted by Crippen LogP contribution is 2.09. The van der Waals surface area contributed by atoms with Crippen LogP contribution in [0.25, 0.3) is 0 Å². The van der Waals surface area contributed by atoms with E-state index in [9.17, 15) is 0 Å². The van der Waals surface area contributed by atoms with Gasteiger partial charge < -0.3 is 20.3 Å². The van der Waals surface area contributed by atoms with Crippen LogP contribution in [0.1, 0.15) is 44.8 Å². The number of aromatic nitrogens is 2. The number of aliphatic imine (C=N–C) groups is 1. The van der Waals surface area contributed by atoms with Crippen molar-refractivity contribution in [3.8, 4) is 0 Å². The molecule has 0 saturated carbocycles. The number of nitrogens with zero attached hydrogens (tertiary/aromatic N) is 3. The van der Waals surface area contributed by atoms with Crippen molar-refractivity contribution in [2.75, 3.05) is 19.7 Å². The number of nitrogens with one attached hydrogen (secondary N) is 2. The van der Waals surface area contributed by atoms with Crippen LogP contribution in [0.4, 0.5) is 0 Å². The van der Waals surface area contributed by atoms with Gasteiger partial charge in [0.25, 0.3) is 0 Å². The molecule has 1 atom stereocenters. The molecule has 1 heterocycles. The number of rotatable bonds is 9. The van der Waals surface area contributed by atoms with Crippen LogP contribution in [0.5, 0.6) is 0 Å². The molecule has 7 nitrogen and oxygen atoms in total. The summed E-state index contributed by atoms with van der Waals surface area (Å²) in [6.07, 6.45) is 3.02. The first-order chi connectivity index (χ1) is 10.2. The third-order valence-corrected chi connectivity index (χ3v) is 3.08. The molecule has 0 spiro atoms. The van der Waals surface area contributed by atoms with Gasteiger partial charge >= 0.3 is 0 Å². The fraction of sp³-hybridized carbons (Fsp3) is 0.786. The van der Waals surface area contributed by atoms with Gasteiger partial charge in [-0.05, 0) is 25.7 Å². The summed E-state index contributed by atoms with van der Waals surface area (Å²) in [7, 11) is 0. The molecule has 0 aliphatic rings. The Balaban J connectivity index is 0.00000441. The van der Waals surface area contributed by atoms with Gasteiger partial charge in [-0.15, -0.1) is 24.0 Å². The standard InChI is InChI=1S/C14H27N5O2.HI/c1-4-6-12(7-8-20)9-16-14(15-5-2)17-10-13-18-11(3)21-19-13;/h12,20H,4-10H2,1-3H3,(H2,15,16,17);1H. The summed E-state index contributed by atoms with van der Waals surface area (Å²) >= 11 is 0. The minimum absolute atomic E-state index is 0. The quantitative estimate of drug-likeness (QED) is 0.318. The van der Waals surface area contributed by atoms with Crippen LogP contribution in [0.2, 0.25) is 0 Å². The maximum Gasteiger partial charge on any atom is 0.223 e. The van der Waals surface area contributed by atoms with Crippen LogP contribution in [0.15, 0.2) is 9.52 Å². The average molecular weight is 425 g/mol. The van der Waals surface area contributed by atoms with Crippen molar-refractivity contribution in [3.63, 3.8) is 0 Å². The van der Waals surface area contributed by atoms with Gasteiger partial charge in [0.1, 0.15) is 6.54 Å². The topological polar surface area (TPSA) is 95.6 Å². The molecular formula is C14H28IN5O2. The zero-order valence-electron chi connectivity index (χ0n) is 13.6. The molecule has 0 saturated heterocycles. The van der Waals surface area contributed by atoms with Crippen molar-refractivity contribution in [2.45, 2.75) is 46.6 Å². The Kier molecular flexibility index (Phi) is 12.1. The van der Waals surface area contributed by atoms with Crippen LogP contribution in [0.3, 0.4) is 0 Å². The molecule has 0 aliphatic carbocycles. The van der Waals surface area contributed by atoms with Gasteiger partial charge in [0.2, 0.25) is 5.89 Å². The lowest BCUT2D eigenvalue weighted by molar-refractivity contribution is 0.251. The van der Waals surface area contributed by atoms with Gasteiger partial charge in [0, 0.05) is 26.6 Å². The third-order valence-electron chi connectivity index (χ3n) is 3.08. The number of aliphatic hydroxyl groups excluding tert-OH is 1. The Morgan fingerprint density at radius 1 is 1.32 bits per heavy atom. The number of guanidine groups is 1. The Bertz CT molecular complexity index is 419. The Labute approximate surface area is 149 Å². The molecule has 0 radical (unpaired) electrons. The van der Waals surface area contributed by atoms with Crippen molar-refractivity contribution in [3.05, 3.63) is 11.7 Å². The molecule has 1 aromatic heterocycles. The van der Waals surface area contributed by atoms with E-state index in [0.717, 1.165) is 38.3 Å². The van der Waals surface area contributed by atoms with Crippen molar-refractivity contribution >= 4 is 29.9 Å². The maximum absolute atomic E-state index is 9.09. The van der Waals surface area contributed by atoms with E-state index in [1.165, 1.54) is 0 Å². The summed E-state index contributed by atoms with van der Waals surface area (Å²) in [6, 6.07) is 0. The molecule has 128 valence electrons. The highest BCUT2D eigenvalue weighted by atomic mass is 127. The van der Waals surface area contributed by atoms with Gasteiger partial charge in [-0.25, -0.2) is 4.99 Å². The molecule has 22 heavy (non-hydrogen) atoms. The Hall–Kier alpha value is -0.900. The molecule has 0 fully saturated rings. The van der Waals surface area contributed by atoms with E-state index in [0.29, 0.717) is 24.2 Å². The van der Waals surface area contributed by atoms with Crippen LogP contribution in [-0.4, -0.2) is 40.9 Å². The van der Waals surface area contributed by atoms with Gasteiger partial charge in [0.05, 0.1) is 0 Å². The van der Waals surface area contributed by atoms with E-state index < -0.39 is 0 Å². The minimum Gasteiger partial charge on any atom is -0.396 e. The first kappa shape index (κ1) is 21.1. The van der Waals surface area contributed by atoms with E-state index in [4.69, 9.17) is 9.63 Å². The van der Waals surface area contributed by atoms with Crippen molar-refractivity contribution in [2.24, 2.45) is 10.9 Å². The lowest BCUT2D eigenvalue weighted by Gasteiger charge is -2.18. The fourth-order valence-electron chi connectivity index (χ4n) is 2.08. The number of aliphatic hydroxyl groups is 1. The lowest BCUT2D eigenvalue weighted by atomic mass is 10.0. The van der Waals surface area contributed by atoms with E-state index in [2.05, 4.69) is 32.7 Å². The first-order valence-electron chi connectivity index (χ1n) is 7.61. The molecule has 1 aromatic rings. The summed E-state index contributed by atoms with van der Waals surface area (Å²) < 4.78 is 4.92. The Morgan fingerprint density at radius 3 is 2.64 bits per heavy atom. The summed E-state index contributed by atoms with van der Waals surface area (Å²) in [4.78, 5) is 8.56. The average Bonchev–Trinajstić information content (AvgIpc) is 2.88. The van der Waals surface area contributed by atoms with Gasteiger partial charge in [-0.2, -0.15) is 4.98 Å². The van der Waals surface area contributed by atoms with Crippen molar-refractivity contribution in [1.29, 1.82) is 0 Å². The second-order valence-corrected chi connectivity index (χ2v) is 4.97. The summed E-state index contributed by atoms with van der Waals surface area (Å²) in [5.74, 6) is 2.31. The van der Waals surface area contributed by atoms with Gasteiger partial charge in [-0.1, -0.05) is 18.5 Å². The second kappa shape index (κ2) is 12.6. The Morgan fingerprint density at radius 2 is 2.09 bits per heavy atom. The monoisotopic (exact) mass is 425 g/mol. The van der Waals surface area contributed by atoms with E-state index in [-0.39, 0.29) is 30.6 Å². The normalized spacial score (nSPS) is 12.6. The molecule has 3 N–H and O–H groups in total. The molecular weight excluding hydrogens is 397 g/mol. The van der Waals surface area contributed by atoms with Gasteiger partial charge in [-0.3, -0.25) is 0 Å². The predicted octanol–water partition coefficient (Wildman–Crippen LogP) is 1.85. The first-order valence-corrected chi connectivity index (χ1v) is 7.61. The van der Waals surface area contributed by atoms with E-state index >= 15 is 0 Å². The van der Waals surface area contributed by atoms with Crippen LogP contribution in [-0.2, 0) is 6.54 Å². The number of hydrogen-bond donors (Lipinski definition) is 3. The summed E-state index contributed by atoms with van der Waals surface area (Å²) in [6.45, 7) is 8.12. The molecule has 0 bridgehead atoms.